The molecular formula is C13H13NO2. The first-order valence-electron chi connectivity index (χ1n) is 5.09. The molecule has 0 aliphatic carbocycles. The predicted octanol–water partition coefficient (Wildman–Crippen LogP) is 3.21. The van der Waals surface area contributed by atoms with E-state index >= 15 is 0 Å². The first-order valence-corrected chi connectivity index (χ1v) is 5.09. The quantitative estimate of drug-likeness (QED) is 0.835. The van der Waals surface area contributed by atoms with Crippen LogP contribution in [0, 0.1) is 6.92 Å². The van der Waals surface area contributed by atoms with Gasteiger partial charge in [0.25, 0.3) is 0 Å². The van der Waals surface area contributed by atoms with Crippen LogP contribution in [0.2, 0.25) is 0 Å². The van der Waals surface area contributed by atoms with E-state index in [9.17, 15) is 4.79 Å². The summed E-state index contributed by atoms with van der Waals surface area (Å²) in [4.78, 5) is 11.1. The maximum atomic E-state index is 11.1. The molecule has 2 rings (SSSR count). The zero-order chi connectivity index (χ0) is 11.5. The minimum absolute atomic E-state index is 0.0848. The van der Waals surface area contributed by atoms with Gasteiger partial charge < -0.3 is 9.73 Å². The van der Waals surface area contributed by atoms with Crippen molar-refractivity contribution in [2.45, 2.75) is 13.8 Å². The third-order valence-corrected chi connectivity index (χ3v) is 2.27. The van der Waals surface area contributed by atoms with Crippen LogP contribution in [0.1, 0.15) is 12.5 Å². The largest absolute Gasteiger partial charge is 0.464 e. The van der Waals surface area contributed by atoms with Crippen LogP contribution in [0.3, 0.4) is 0 Å². The molecule has 1 amide bonds. The van der Waals surface area contributed by atoms with Crippen LogP contribution < -0.4 is 5.32 Å². The highest BCUT2D eigenvalue weighted by molar-refractivity contribution is 5.93. The number of aryl methyl sites for hydroxylation is 1. The molecule has 0 atom stereocenters. The standard InChI is InChI=1S/C13H13NO2/c1-9-5-6-11(13-4-3-7-16-13)12(8-9)14-10(2)15/h3-8H,1-2H3,(H,14,15). The van der Waals surface area contributed by atoms with Crippen molar-refractivity contribution in [1.82, 2.24) is 0 Å². The van der Waals surface area contributed by atoms with E-state index in [0.717, 1.165) is 22.6 Å². The number of benzene rings is 1. The van der Waals surface area contributed by atoms with Gasteiger partial charge >= 0.3 is 0 Å². The monoisotopic (exact) mass is 215 g/mol. The molecule has 0 saturated carbocycles. The Labute approximate surface area is 94.1 Å². The van der Waals surface area contributed by atoms with Gasteiger partial charge in [0, 0.05) is 12.5 Å². The molecule has 0 radical (unpaired) electrons. The van der Waals surface area contributed by atoms with E-state index < -0.39 is 0 Å². The molecule has 0 saturated heterocycles. The van der Waals surface area contributed by atoms with E-state index in [1.807, 2.05) is 37.3 Å². The van der Waals surface area contributed by atoms with E-state index in [-0.39, 0.29) is 5.91 Å². The number of anilines is 1. The van der Waals surface area contributed by atoms with Gasteiger partial charge in [0.1, 0.15) is 5.76 Å². The van der Waals surface area contributed by atoms with Crippen LogP contribution in [0.15, 0.2) is 41.0 Å². The molecule has 0 aliphatic heterocycles. The lowest BCUT2D eigenvalue weighted by atomic mass is 10.1. The molecule has 1 aromatic heterocycles. The van der Waals surface area contributed by atoms with Gasteiger partial charge in [-0.2, -0.15) is 0 Å². The Kier molecular flexibility index (Phi) is 2.77. The zero-order valence-corrected chi connectivity index (χ0v) is 9.28. The van der Waals surface area contributed by atoms with Crippen molar-refractivity contribution in [3.63, 3.8) is 0 Å². The highest BCUT2D eigenvalue weighted by atomic mass is 16.3. The summed E-state index contributed by atoms with van der Waals surface area (Å²) in [5.74, 6) is 0.669. The fourth-order valence-corrected chi connectivity index (χ4v) is 1.60. The maximum absolute atomic E-state index is 11.1. The molecule has 3 heteroatoms. The molecule has 3 nitrogen and oxygen atoms in total. The SMILES string of the molecule is CC(=O)Nc1cc(C)ccc1-c1ccco1. The summed E-state index contributed by atoms with van der Waals surface area (Å²) in [6.07, 6.45) is 1.62. The highest BCUT2D eigenvalue weighted by Crippen LogP contribution is 2.29. The Hall–Kier alpha value is -2.03. The average molecular weight is 215 g/mol. The number of hydrogen-bond acceptors (Lipinski definition) is 2. The second kappa shape index (κ2) is 4.23. The number of nitrogens with one attached hydrogen (secondary N) is 1. The molecule has 16 heavy (non-hydrogen) atoms. The molecule has 0 fully saturated rings. The van der Waals surface area contributed by atoms with Crippen LogP contribution in [0.5, 0.6) is 0 Å². The summed E-state index contributed by atoms with van der Waals surface area (Å²) < 4.78 is 5.33. The summed E-state index contributed by atoms with van der Waals surface area (Å²) in [6.45, 7) is 3.48. The molecular weight excluding hydrogens is 202 g/mol. The van der Waals surface area contributed by atoms with Gasteiger partial charge in [0.2, 0.25) is 5.91 Å². The first-order chi connectivity index (χ1) is 7.66. The minimum atomic E-state index is -0.0848. The number of furan rings is 1. The number of carbonyl (C=O) groups excluding carboxylic acids is 1. The third-order valence-electron chi connectivity index (χ3n) is 2.27. The Bertz CT molecular complexity index is 501. The maximum Gasteiger partial charge on any atom is 0.221 e. The van der Waals surface area contributed by atoms with Crippen LogP contribution in [0.4, 0.5) is 5.69 Å². The molecule has 0 spiro atoms. The van der Waals surface area contributed by atoms with E-state index in [2.05, 4.69) is 5.32 Å². The predicted molar refractivity (Wildman–Crippen MR) is 63.2 cm³/mol. The lowest BCUT2D eigenvalue weighted by Crippen LogP contribution is -2.07. The van der Waals surface area contributed by atoms with Crippen molar-refractivity contribution >= 4 is 11.6 Å². The lowest BCUT2D eigenvalue weighted by molar-refractivity contribution is -0.114. The highest BCUT2D eigenvalue weighted by Gasteiger charge is 2.08. The molecule has 1 heterocycles. The van der Waals surface area contributed by atoms with E-state index in [1.165, 1.54) is 6.92 Å². The molecule has 2 aromatic rings. The van der Waals surface area contributed by atoms with Crippen molar-refractivity contribution in [1.29, 1.82) is 0 Å². The summed E-state index contributed by atoms with van der Waals surface area (Å²) in [7, 11) is 0. The molecule has 82 valence electrons. The van der Waals surface area contributed by atoms with Crippen molar-refractivity contribution in [3.05, 3.63) is 42.2 Å². The first kappa shape index (κ1) is 10.5. The summed E-state index contributed by atoms with van der Waals surface area (Å²) >= 11 is 0. The smallest absolute Gasteiger partial charge is 0.221 e. The topological polar surface area (TPSA) is 42.2 Å². The molecule has 0 bridgehead atoms. The summed E-state index contributed by atoms with van der Waals surface area (Å²) in [6, 6.07) is 9.56. The lowest BCUT2D eigenvalue weighted by Gasteiger charge is -2.08. The van der Waals surface area contributed by atoms with Crippen molar-refractivity contribution < 1.29 is 9.21 Å². The summed E-state index contributed by atoms with van der Waals surface area (Å²) in [5.41, 5.74) is 2.77. The van der Waals surface area contributed by atoms with Crippen LogP contribution in [-0.2, 0) is 4.79 Å². The fourth-order valence-electron chi connectivity index (χ4n) is 1.60. The minimum Gasteiger partial charge on any atom is -0.464 e. The van der Waals surface area contributed by atoms with Gasteiger partial charge in [-0.3, -0.25) is 4.79 Å². The number of rotatable bonds is 2. The van der Waals surface area contributed by atoms with E-state index in [4.69, 9.17) is 4.42 Å². The number of amides is 1. The number of carbonyl (C=O) groups is 1. The van der Waals surface area contributed by atoms with Gasteiger partial charge in [-0.25, -0.2) is 0 Å². The zero-order valence-electron chi connectivity index (χ0n) is 9.28. The molecule has 0 aliphatic rings. The normalized spacial score (nSPS) is 10.1. The Morgan fingerprint density at radius 2 is 2.12 bits per heavy atom. The average Bonchev–Trinajstić information content (AvgIpc) is 2.69. The number of hydrogen-bond donors (Lipinski definition) is 1. The van der Waals surface area contributed by atoms with E-state index in [0.29, 0.717) is 0 Å². The molecule has 1 N–H and O–H groups in total. The van der Waals surface area contributed by atoms with Crippen molar-refractivity contribution in [2.24, 2.45) is 0 Å². The van der Waals surface area contributed by atoms with Crippen LogP contribution in [-0.4, -0.2) is 5.91 Å². The van der Waals surface area contributed by atoms with Crippen LogP contribution in [0.25, 0.3) is 11.3 Å². The van der Waals surface area contributed by atoms with Crippen molar-refractivity contribution in [3.8, 4) is 11.3 Å². The molecule has 1 aromatic carbocycles. The van der Waals surface area contributed by atoms with Crippen LogP contribution >= 0.6 is 0 Å². The van der Waals surface area contributed by atoms with Crippen molar-refractivity contribution in [2.75, 3.05) is 5.32 Å². The summed E-state index contributed by atoms with van der Waals surface area (Å²) in [5, 5.41) is 2.80. The molecule has 0 unspecified atom stereocenters. The van der Waals surface area contributed by atoms with Gasteiger partial charge in [-0.1, -0.05) is 6.07 Å². The second-order valence-corrected chi connectivity index (χ2v) is 3.71. The fraction of sp³-hybridized carbons (Fsp3) is 0.154. The van der Waals surface area contributed by atoms with Gasteiger partial charge in [-0.05, 0) is 36.8 Å². The third kappa shape index (κ3) is 2.14. The van der Waals surface area contributed by atoms with Gasteiger partial charge in [0.05, 0.1) is 12.0 Å². The van der Waals surface area contributed by atoms with E-state index in [1.54, 1.807) is 6.26 Å². The Balaban J connectivity index is 2.48. The van der Waals surface area contributed by atoms with Gasteiger partial charge in [0.15, 0.2) is 0 Å². The Morgan fingerprint density at radius 3 is 2.75 bits per heavy atom. The van der Waals surface area contributed by atoms with Gasteiger partial charge in [-0.15, -0.1) is 0 Å². The second-order valence-electron chi connectivity index (χ2n) is 3.71. The Morgan fingerprint density at radius 1 is 1.31 bits per heavy atom.